The highest BCUT2D eigenvalue weighted by Gasteiger charge is 2.64. The number of morpholine rings is 1. The lowest BCUT2D eigenvalue weighted by atomic mass is 9.92. The molecule has 0 bridgehead atoms. The molecule has 1 aromatic carbocycles. The molecule has 9 heteroatoms. The van der Waals surface area contributed by atoms with Gasteiger partial charge < -0.3 is 18.8 Å². The monoisotopic (exact) mass is 439 g/mol. The van der Waals surface area contributed by atoms with Gasteiger partial charge in [0.2, 0.25) is 5.91 Å². The molecule has 0 radical (unpaired) electrons. The van der Waals surface area contributed by atoms with Crippen molar-refractivity contribution in [3.05, 3.63) is 50.5 Å². The summed E-state index contributed by atoms with van der Waals surface area (Å²) in [6.07, 6.45) is 0.842. The van der Waals surface area contributed by atoms with Crippen molar-refractivity contribution < 1.29 is 18.3 Å². The number of amides is 1. The Morgan fingerprint density at radius 3 is 2.79 bits per heavy atom. The van der Waals surface area contributed by atoms with Gasteiger partial charge in [-0.1, -0.05) is 11.6 Å². The first-order valence-corrected chi connectivity index (χ1v) is 10.4. The molecule has 1 amide bonds. The Hall–Kier alpha value is -1.77. The molecule has 3 aliphatic rings. The van der Waals surface area contributed by atoms with Gasteiger partial charge >= 0.3 is 0 Å². The van der Waals surface area contributed by atoms with Gasteiger partial charge in [0.25, 0.3) is 0 Å². The van der Waals surface area contributed by atoms with E-state index >= 15 is 0 Å². The lowest BCUT2D eigenvalue weighted by Crippen LogP contribution is -2.41. The zero-order chi connectivity index (χ0) is 20.5. The Balaban J connectivity index is 1.51. The number of fused-ring (bicyclic) bond motifs is 3. The lowest BCUT2D eigenvalue weighted by Gasteiger charge is -2.27. The maximum atomic E-state index is 14.8. The van der Waals surface area contributed by atoms with Crippen LogP contribution in [0.3, 0.4) is 0 Å². The molecule has 29 heavy (non-hydrogen) atoms. The summed E-state index contributed by atoms with van der Waals surface area (Å²) >= 11 is 11.5. The third-order valence-corrected chi connectivity index (χ3v) is 7.37. The van der Waals surface area contributed by atoms with Crippen LogP contribution in [-0.4, -0.2) is 46.2 Å². The summed E-state index contributed by atoms with van der Waals surface area (Å²) in [6.45, 7) is 2.63. The van der Waals surface area contributed by atoms with E-state index in [2.05, 4.69) is 0 Å². The molecule has 3 heterocycles. The maximum absolute atomic E-state index is 14.8. The number of hydrogen-bond donors (Lipinski definition) is 0. The second kappa shape index (κ2) is 6.62. The fourth-order valence-electron chi connectivity index (χ4n) is 5.01. The van der Waals surface area contributed by atoms with Crippen LogP contribution in [0.1, 0.15) is 29.3 Å². The molecule has 154 valence electrons. The van der Waals surface area contributed by atoms with Crippen LogP contribution in [0, 0.1) is 16.4 Å². The van der Waals surface area contributed by atoms with Crippen LogP contribution < -0.4 is 0 Å². The van der Waals surface area contributed by atoms with Gasteiger partial charge in [-0.05, 0) is 30.8 Å². The first-order chi connectivity index (χ1) is 13.8. The number of imidazole rings is 1. The van der Waals surface area contributed by atoms with Crippen molar-refractivity contribution in [2.45, 2.75) is 30.7 Å². The first kappa shape index (κ1) is 19.2. The second-order valence-corrected chi connectivity index (χ2v) is 8.83. The molecule has 2 aromatic rings. The molecule has 2 atom stereocenters. The molecule has 1 unspecified atom stereocenters. The number of aromatic nitrogens is 2. The van der Waals surface area contributed by atoms with E-state index in [0.29, 0.717) is 44.0 Å². The van der Waals surface area contributed by atoms with Crippen LogP contribution >= 0.6 is 23.8 Å². The molecule has 0 spiro atoms. The normalized spacial score (nSPS) is 25.1. The van der Waals surface area contributed by atoms with Gasteiger partial charge in [0.15, 0.2) is 4.77 Å². The number of hydrogen-bond acceptors (Lipinski definition) is 3. The molecule has 1 saturated heterocycles. The molecule has 5 rings (SSSR count). The standard InChI is InChI=1S/C20H20ClF2N3O2S/c1-24-14(8-15(27)25-4-6-28-7-5-25)18-11-9-20(11,10-26(18)19(24)29)16-13(22)3-2-12(21)17(16)23/h2-3,11H,4-10H2,1H3/t11?,20-/m0/s1. The minimum absolute atomic E-state index is 0.0190. The number of ether oxygens (including phenoxy) is 1. The van der Waals surface area contributed by atoms with Crippen molar-refractivity contribution in [2.75, 3.05) is 26.3 Å². The molecule has 1 aliphatic carbocycles. The molecule has 2 fully saturated rings. The highest BCUT2D eigenvalue weighted by molar-refractivity contribution is 7.71. The smallest absolute Gasteiger partial charge is 0.228 e. The largest absolute Gasteiger partial charge is 0.378 e. The van der Waals surface area contributed by atoms with Gasteiger partial charge in [0.05, 0.1) is 24.7 Å². The summed E-state index contributed by atoms with van der Waals surface area (Å²) < 4.78 is 39.0. The van der Waals surface area contributed by atoms with E-state index in [1.165, 1.54) is 12.1 Å². The third-order valence-electron chi connectivity index (χ3n) is 6.58. The van der Waals surface area contributed by atoms with Crippen molar-refractivity contribution in [3.63, 3.8) is 0 Å². The second-order valence-electron chi connectivity index (χ2n) is 8.06. The van der Waals surface area contributed by atoms with Crippen molar-refractivity contribution in [1.29, 1.82) is 0 Å². The summed E-state index contributed by atoms with van der Waals surface area (Å²) in [6, 6.07) is 2.46. The van der Waals surface area contributed by atoms with E-state index < -0.39 is 17.0 Å². The van der Waals surface area contributed by atoms with Gasteiger partial charge in [0.1, 0.15) is 11.6 Å². The lowest BCUT2D eigenvalue weighted by molar-refractivity contribution is -0.134. The molecule has 2 aliphatic heterocycles. The topological polar surface area (TPSA) is 39.4 Å². The highest BCUT2D eigenvalue weighted by Crippen LogP contribution is 2.67. The molecule has 5 nitrogen and oxygen atoms in total. The summed E-state index contributed by atoms with van der Waals surface area (Å²) in [5.41, 5.74) is 1.13. The molecule has 0 N–H and O–H groups in total. The predicted molar refractivity (Wildman–Crippen MR) is 106 cm³/mol. The Morgan fingerprint density at radius 2 is 2.07 bits per heavy atom. The SMILES string of the molecule is Cn1c(CC(=O)N2CCOCC2)c2n(c1=S)C[C@@]1(c3c(F)ccc(Cl)c3F)CC21. The highest BCUT2D eigenvalue weighted by atomic mass is 35.5. The number of carbonyl (C=O) groups is 1. The Kier molecular flexibility index (Phi) is 4.38. The molecule has 1 saturated carbocycles. The minimum atomic E-state index is -0.693. The van der Waals surface area contributed by atoms with Crippen LogP contribution in [0.2, 0.25) is 5.02 Å². The molecular weight excluding hydrogens is 420 g/mol. The van der Waals surface area contributed by atoms with Gasteiger partial charge in [0, 0.05) is 55.0 Å². The number of nitrogens with zero attached hydrogens (tertiary/aromatic N) is 3. The van der Waals surface area contributed by atoms with Crippen LogP contribution in [0.25, 0.3) is 0 Å². The number of carbonyl (C=O) groups excluding carboxylic acids is 1. The van der Waals surface area contributed by atoms with Gasteiger partial charge in [-0.2, -0.15) is 0 Å². The summed E-state index contributed by atoms with van der Waals surface area (Å²) in [5.74, 6) is -1.33. The van der Waals surface area contributed by atoms with E-state index in [1.54, 1.807) is 4.90 Å². The summed E-state index contributed by atoms with van der Waals surface area (Å²) in [7, 11) is 1.85. The average Bonchev–Trinajstić information content (AvgIpc) is 3.26. The quantitative estimate of drug-likeness (QED) is 0.544. The van der Waals surface area contributed by atoms with Crippen LogP contribution in [-0.2, 0) is 35.0 Å². The molecular formula is C20H20ClF2N3O2S. The van der Waals surface area contributed by atoms with Gasteiger partial charge in [-0.3, -0.25) is 4.79 Å². The number of halogens is 3. The Labute approximate surface area is 176 Å². The Bertz CT molecular complexity index is 1090. The zero-order valence-corrected chi connectivity index (χ0v) is 17.5. The van der Waals surface area contributed by atoms with Crippen molar-refractivity contribution in [1.82, 2.24) is 14.0 Å². The zero-order valence-electron chi connectivity index (χ0n) is 15.9. The first-order valence-electron chi connectivity index (χ1n) is 9.63. The summed E-state index contributed by atoms with van der Waals surface area (Å²) in [5, 5.41) is -0.0788. The number of benzene rings is 1. The fourth-order valence-corrected chi connectivity index (χ4v) is 5.44. The maximum Gasteiger partial charge on any atom is 0.228 e. The summed E-state index contributed by atoms with van der Waals surface area (Å²) in [4.78, 5) is 14.6. The van der Waals surface area contributed by atoms with E-state index in [-0.39, 0.29) is 28.8 Å². The van der Waals surface area contributed by atoms with Crippen LogP contribution in [0.15, 0.2) is 12.1 Å². The van der Waals surface area contributed by atoms with Crippen LogP contribution in [0.5, 0.6) is 0 Å². The van der Waals surface area contributed by atoms with E-state index in [1.807, 2.05) is 16.2 Å². The Morgan fingerprint density at radius 1 is 1.34 bits per heavy atom. The van der Waals surface area contributed by atoms with Crippen molar-refractivity contribution in [2.24, 2.45) is 7.05 Å². The van der Waals surface area contributed by atoms with Crippen molar-refractivity contribution >= 4 is 29.7 Å². The molecule has 1 aromatic heterocycles. The van der Waals surface area contributed by atoms with E-state index in [9.17, 15) is 13.6 Å². The van der Waals surface area contributed by atoms with Gasteiger partial charge in [-0.25, -0.2) is 8.78 Å². The van der Waals surface area contributed by atoms with E-state index in [4.69, 9.17) is 28.6 Å². The minimum Gasteiger partial charge on any atom is -0.378 e. The van der Waals surface area contributed by atoms with Crippen LogP contribution in [0.4, 0.5) is 8.78 Å². The average molecular weight is 440 g/mol. The van der Waals surface area contributed by atoms with Crippen molar-refractivity contribution in [3.8, 4) is 0 Å². The third kappa shape index (κ3) is 2.72. The van der Waals surface area contributed by atoms with Gasteiger partial charge in [-0.15, -0.1) is 0 Å². The van der Waals surface area contributed by atoms with E-state index in [0.717, 1.165) is 11.4 Å². The predicted octanol–water partition coefficient (Wildman–Crippen LogP) is 3.33. The number of rotatable bonds is 3. The fraction of sp³-hybridized carbons (Fsp3) is 0.500.